The number of halogens is 1. The maximum atomic E-state index is 11.7. The first-order valence-electron chi connectivity index (χ1n) is 6.65. The number of hydrazone groups is 1. The monoisotopic (exact) mass is 308 g/mol. The smallest absolute Gasteiger partial charge is 0.318 e. The van der Waals surface area contributed by atoms with Gasteiger partial charge in [-0.2, -0.15) is 5.10 Å². The Hall–Kier alpha value is -1.92. The van der Waals surface area contributed by atoms with Crippen molar-refractivity contribution in [3.63, 3.8) is 0 Å². The number of nitrogens with one attached hydrogen (secondary N) is 2. The average molecular weight is 309 g/mol. The zero-order valence-corrected chi connectivity index (χ0v) is 12.5. The third-order valence-corrected chi connectivity index (χ3v) is 3.40. The lowest BCUT2D eigenvalue weighted by Gasteiger charge is -2.22. The summed E-state index contributed by atoms with van der Waals surface area (Å²) in [6.45, 7) is 1.81. The number of hydrogen-bond acceptors (Lipinski definition) is 4. The van der Waals surface area contributed by atoms with Crippen molar-refractivity contribution < 1.29 is 9.59 Å². The Morgan fingerprint density at radius 1 is 1.24 bits per heavy atom. The molecule has 21 heavy (non-hydrogen) atoms. The summed E-state index contributed by atoms with van der Waals surface area (Å²) in [7, 11) is 2.04. The van der Waals surface area contributed by atoms with Gasteiger partial charge < -0.3 is 10.2 Å². The Kier molecular flexibility index (Phi) is 5.30. The molecule has 0 saturated carbocycles. The molecule has 1 aromatic carbocycles. The second-order valence-corrected chi connectivity index (χ2v) is 5.32. The van der Waals surface area contributed by atoms with E-state index in [0.29, 0.717) is 10.7 Å². The third kappa shape index (κ3) is 4.84. The summed E-state index contributed by atoms with van der Waals surface area (Å²) in [5.41, 5.74) is 3.65. The van der Waals surface area contributed by atoms with Crippen molar-refractivity contribution in [1.29, 1.82) is 0 Å². The van der Waals surface area contributed by atoms with E-state index >= 15 is 0 Å². The van der Waals surface area contributed by atoms with Crippen LogP contribution < -0.4 is 10.7 Å². The van der Waals surface area contributed by atoms with Crippen LogP contribution in [0.3, 0.4) is 0 Å². The highest BCUT2D eigenvalue weighted by atomic mass is 35.5. The molecule has 1 fully saturated rings. The van der Waals surface area contributed by atoms with Gasteiger partial charge in [0.2, 0.25) is 0 Å². The van der Waals surface area contributed by atoms with Gasteiger partial charge in [-0.15, -0.1) is 0 Å². The van der Waals surface area contributed by atoms with Gasteiger partial charge in [0, 0.05) is 42.4 Å². The molecule has 0 bridgehead atoms. The Morgan fingerprint density at radius 2 is 1.95 bits per heavy atom. The van der Waals surface area contributed by atoms with Crippen LogP contribution in [-0.4, -0.2) is 42.6 Å². The van der Waals surface area contributed by atoms with Gasteiger partial charge in [-0.25, -0.2) is 5.43 Å². The van der Waals surface area contributed by atoms with Crippen molar-refractivity contribution >= 4 is 34.8 Å². The molecule has 0 atom stereocenters. The number of amides is 2. The van der Waals surface area contributed by atoms with Crippen molar-refractivity contribution in [3.05, 3.63) is 29.3 Å². The fourth-order valence-corrected chi connectivity index (χ4v) is 2.11. The topological polar surface area (TPSA) is 73.8 Å². The van der Waals surface area contributed by atoms with Gasteiger partial charge in [0.05, 0.1) is 0 Å². The molecule has 1 aromatic rings. The molecule has 0 unspecified atom stereocenters. The highest BCUT2D eigenvalue weighted by Crippen LogP contribution is 2.14. The maximum Gasteiger partial charge on any atom is 0.329 e. The number of benzene rings is 1. The second kappa shape index (κ2) is 7.19. The predicted molar refractivity (Wildman–Crippen MR) is 82.4 cm³/mol. The summed E-state index contributed by atoms with van der Waals surface area (Å²) < 4.78 is 0. The first-order valence-corrected chi connectivity index (χ1v) is 7.03. The Bertz CT molecular complexity index is 564. The van der Waals surface area contributed by atoms with E-state index in [1.165, 1.54) is 0 Å². The molecular weight excluding hydrogens is 292 g/mol. The van der Waals surface area contributed by atoms with E-state index in [1.54, 1.807) is 24.3 Å². The van der Waals surface area contributed by atoms with Crippen molar-refractivity contribution in [2.24, 2.45) is 5.10 Å². The number of rotatable bonds is 2. The SMILES string of the molecule is CN1CCC(=NNC(=O)C(=O)Nc2cccc(Cl)c2)CC1. The predicted octanol–water partition coefficient (Wildman–Crippen LogP) is 1.48. The molecule has 1 aliphatic heterocycles. The fraction of sp³-hybridized carbons (Fsp3) is 0.357. The molecule has 1 heterocycles. The summed E-state index contributed by atoms with van der Waals surface area (Å²) in [6, 6.07) is 6.59. The van der Waals surface area contributed by atoms with Gasteiger partial charge >= 0.3 is 11.8 Å². The lowest BCUT2D eigenvalue weighted by Crippen LogP contribution is -2.35. The Labute approximate surface area is 128 Å². The van der Waals surface area contributed by atoms with Crippen LogP contribution in [-0.2, 0) is 9.59 Å². The summed E-state index contributed by atoms with van der Waals surface area (Å²) in [6.07, 6.45) is 1.60. The van der Waals surface area contributed by atoms with E-state index < -0.39 is 11.8 Å². The Morgan fingerprint density at radius 3 is 2.62 bits per heavy atom. The molecule has 0 aromatic heterocycles. The van der Waals surface area contributed by atoms with Gasteiger partial charge in [-0.3, -0.25) is 9.59 Å². The molecule has 2 amide bonds. The summed E-state index contributed by atoms with van der Waals surface area (Å²) in [5.74, 6) is -1.56. The maximum absolute atomic E-state index is 11.7. The van der Waals surface area contributed by atoms with Gasteiger partial charge in [0.1, 0.15) is 0 Å². The summed E-state index contributed by atoms with van der Waals surface area (Å²) in [5, 5.41) is 6.95. The highest BCUT2D eigenvalue weighted by Gasteiger charge is 2.15. The van der Waals surface area contributed by atoms with E-state index in [-0.39, 0.29) is 0 Å². The van der Waals surface area contributed by atoms with Gasteiger partial charge in [-0.1, -0.05) is 17.7 Å². The van der Waals surface area contributed by atoms with Gasteiger partial charge in [0.15, 0.2) is 0 Å². The minimum absolute atomic E-state index is 0.467. The van der Waals surface area contributed by atoms with E-state index in [9.17, 15) is 9.59 Å². The van der Waals surface area contributed by atoms with Crippen LogP contribution in [0.5, 0.6) is 0 Å². The van der Waals surface area contributed by atoms with Crippen LogP contribution >= 0.6 is 11.6 Å². The molecule has 6 nitrogen and oxygen atoms in total. The average Bonchev–Trinajstić information content (AvgIpc) is 2.46. The molecule has 2 rings (SSSR count). The quantitative estimate of drug-likeness (QED) is 0.642. The molecule has 112 valence electrons. The van der Waals surface area contributed by atoms with Crippen molar-refractivity contribution in [1.82, 2.24) is 10.3 Å². The molecule has 7 heteroatoms. The number of nitrogens with zero attached hydrogens (tertiary/aromatic N) is 2. The van der Waals surface area contributed by atoms with Crippen LogP contribution in [0, 0.1) is 0 Å². The lowest BCUT2D eigenvalue weighted by molar-refractivity contribution is -0.136. The van der Waals surface area contributed by atoms with E-state index in [4.69, 9.17) is 11.6 Å². The molecule has 0 radical (unpaired) electrons. The van der Waals surface area contributed by atoms with Crippen LogP contribution in [0.2, 0.25) is 5.02 Å². The number of piperidine rings is 1. The fourth-order valence-electron chi connectivity index (χ4n) is 1.92. The number of carbonyl (C=O) groups is 2. The van der Waals surface area contributed by atoms with Crippen LogP contribution in [0.15, 0.2) is 29.4 Å². The minimum atomic E-state index is -0.790. The van der Waals surface area contributed by atoms with E-state index in [2.05, 4.69) is 20.7 Å². The molecular formula is C14H17ClN4O2. The summed E-state index contributed by atoms with van der Waals surface area (Å²) >= 11 is 5.80. The zero-order chi connectivity index (χ0) is 15.2. The van der Waals surface area contributed by atoms with E-state index in [1.807, 2.05) is 7.05 Å². The first kappa shape index (κ1) is 15.5. The van der Waals surface area contributed by atoms with E-state index in [0.717, 1.165) is 31.6 Å². The van der Waals surface area contributed by atoms with Crippen molar-refractivity contribution in [3.8, 4) is 0 Å². The number of likely N-dealkylation sites (tertiary alicyclic amines) is 1. The molecule has 2 N–H and O–H groups in total. The number of carbonyl (C=O) groups excluding carboxylic acids is 2. The third-order valence-electron chi connectivity index (χ3n) is 3.17. The normalized spacial score (nSPS) is 15.4. The lowest BCUT2D eigenvalue weighted by atomic mass is 10.1. The van der Waals surface area contributed by atoms with Crippen LogP contribution in [0.25, 0.3) is 0 Å². The standard InChI is InChI=1S/C14H17ClN4O2/c1-19-7-5-11(6-8-19)17-18-14(21)13(20)16-12-4-2-3-10(15)9-12/h2-4,9H,5-8H2,1H3,(H,16,20)(H,18,21). The van der Waals surface area contributed by atoms with Crippen molar-refractivity contribution in [2.75, 3.05) is 25.5 Å². The van der Waals surface area contributed by atoms with Crippen LogP contribution in [0.1, 0.15) is 12.8 Å². The number of anilines is 1. The van der Waals surface area contributed by atoms with Crippen molar-refractivity contribution in [2.45, 2.75) is 12.8 Å². The largest absolute Gasteiger partial charge is 0.329 e. The number of hydrogen-bond donors (Lipinski definition) is 2. The first-order chi connectivity index (χ1) is 10.0. The Balaban J connectivity index is 1.85. The summed E-state index contributed by atoms with van der Waals surface area (Å²) in [4.78, 5) is 25.6. The highest BCUT2D eigenvalue weighted by molar-refractivity contribution is 6.39. The molecule has 0 spiro atoms. The van der Waals surface area contributed by atoms with Crippen LogP contribution in [0.4, 0.5) is 5.69 Å². The molecule has 1 aliphatic rings. The molecule has 0 aliphatic carbocycles. The van der Waals surface area contributed by atoms with Gasteiger partial charge in [-0.05, 0) is 25.2 Å². The zero-order valence-electron chi connectivity index (χ0n) is 11.7. The second-order valence-electron chi connectivity index (χ2n) is 4.89. The minimum Gasteiger partial charge on any atom is -0.318 e. The van der Waals surface area contributed by atoms with Gasteiger partial charge in [0.25, 0.3) is 0 Å². The molecule has 1 saturated heterocycles.